The summed E-state index contributed by atoms with van der Waals surface area (Å²) in [5, 5.41) is 32.8. The molecule has 0 heterocycles. The quantitative estimate of drug-likeness (QED) is 0.169. The lowest BCUT2D eigenvalue weighted by Gasteiger charge is -2.35. The lowest BCUT2D eigenvalue weighted by molar-refractivity contribution is 0.175. The summed E-state index contributed by atoms with van der Waals surface area (Å²) >= 11 is 1.81. The van der Waals surface area contributed by atoms with Crippen molar-refractivity contribution in [2.75, 3.05) is 31.9 Å². The predicted molar refractivity (Wildman–Crippen MR) is 138 cm³/mol. The van der Waals surface area contributed by atoms with Gasteiger partial charge in [-0.05, 0) is 94.1 Å². The lowest BCUT2D eigenvalue weighted by Crippen LogP contribution is -2.40. The van der Waals surface area contributed by atoms with E-state index >= 15 is 0 Å². The average molecular weight is 473 g/mol. The van der Waals surface area contributed by atoms with Gasteiger partial charge >= 0.3 is 0 Å². The summed E-state index contributed by atoms with van der Waals surface area (Å²) in [6.45, 7) is 6.61. The summed E-state index contributed by atoms with van der Waals surface area (Å²) in [5.41, 5.74) is 2.13. The molecule has 4 N–H and O–H groups in total. The van der Waals surface area contributed by atoms with E-state index in [1.165, 1.54) is 36.1 Å². The molecule has 0 aromatic heterocycles. The van der Waals surface area contributed by atoms with E-state index in [-0.39, 0.29) is 11.5 Å². The van der Waals surface area contributed by atoms with Crippen LogP contribution in [0.1, 0.15) is 56.6 Å². The Labute approximate surface area is 203 Å². The second kappa shape index (κ2) is 13.7. The highest BCUT2D eigenvalue weighted by Crippen LogP contribution is 2.36. The number of hydrogen-bond acceptors (Lipinski definition) is 6. The normalized spacial score (nSPS) is 15.6. The second-order valence-corrected chi connectivity index (χ2v) is 10.2. The minimum absolute atomic E-state index is 0.00296. The molecule has 1 aliphatic rings. The zero-order valence-corrected chi connectivity index (χ0v) is 20.7. The van der Waals surface area contributed by atoms with Gasteiger partial charge in [0.15, 0.2) is 11.5 Å². The van der Waals surface area contributed by atoms with E-state index in [1.807, 2.05) is 30.0 Å². The third-order valence-electron chi connectivity index (χ3n) is 6.50. The minimum Gasteiger partial charge on any atom is -0.508 e. The van der Waals surface area contributed by atoms with E-state index in [1.54, 1.807) is 18.2 Å². The SMILES string of the molecule is CCCN(CCCCCCNCCSc1ccc(O)cc1)C1CCc2c(ccc(O)c2O)C1. The molecule has 0 spiro atoms. The first-order chi connectivity index (χ1) is 16.1. The number of aromatic hydroxyl groups is 3. The van der Waals surface area contributed by atoms with Crippen LogP contribution >= 0.6 is 11.8 Å². The maximum Gasteiger partial charge on any atom is 0.160 e. The number of phenolic OH excluding ortho intramolecular Hbond substituents is 3. The Morgan fingerprint density at radius 3 is 2.52 bits per heavy atom. The minimum atomic E-state index is 0.00296. The van der Waals surface area contributed by atoms with Crippen molar-refractivity contribution in [3.8, 4) is 17.2 Å². The van der Waals surface area contributed by atoms with Gasteiger partial charge in [0.1, 0.15) is 5.75 Å². The Hall–Kier alpha value is -1.89. The van der Waals surface area contributed by atoms with Crippen molar-refractivity contribution in [1.29, 1.82) is 0 Å². The van der Waals surface area contributed by atoms with Gasteiger partial charge in [-0.1, -0.05) is 25.8 Å². The van der Waals surface area contributed by atoms with E-state index in [2.05, 4.69) is 17.1 Å². The molecule has 33 heavy (non-hydrogen) atoms. The standard InChI is InChI=1S/C27H40N2O3S/c1-2-17-29(22-8-13-25-21(20-22)7-14-26(31)27(25)32)18-6-4-3-5-15-28-16-19-33-24-11-9-23(30)10-12-24/h7,9-12,14,22,28,30-32H,2-6,8,13,15-20H2,1H3. The first-order valence-corrected chi connectivity index (χ1v) is 13.5. The number of rotatable bonds is 14. The predicted octanol–water partition coefficient (Wildman–Crippen LogP) is 5.32. The summed E-state index contributed by atoms with van der Waals surface area (Å²) < 4.78 is 0. The van der Waals surface area contributed by atoms with Crippen molar-refractivity contribution in [3.63, 3.8) is 0 Å². The third kappa shape index (κ3) is 8.13. The van der Waals surface area contributed by atoms with E-state index in [0.29, 0.717) is 11.8 Å². The molecule has 6 heteroatoms. The number of phenols is 3. The molecule has 2 aromatic carbocycles. The van der Waals surface area contributed by atoms with E-state index in [4.69, 9.17) is 0 Å². The van der Waals surface area contributed by atoms with Gasteiger partial charge in [-0.15, -0.1) is 11.8 Å². The number of unbranched alkanes of at least 4 members (excludes halogenated alkanes) is 3. The number of hydrogen-bond donors (Lipinski definition) is 4. The maximum absolute atomic E-state index is 10.1. The zero-order chi connectivity index (χ0) is 23.5. The average Bonchev–Trinajstić information content (AvgIpc) is 2.83. The Morgan fingerprint density at radius 2 is 1.73 bits per heavy atom. The number of thioether (sulfide) groups is 1. The number of benzene rings is 2. The highest BCUT2D eigenvalue weighted by atomic mass is 32.2. The fourth-order valence-electron chi connectivity index (χ4n) is 4.71. The topological polar surface area (TPSA) is 76.0 Å². The van der Waals surface area contributed by atoms with Gasteiger partial charge in [-0.3, -0.25) is 0 Å². The number of nitrogens with zero attached hydrogens (tertiary/aromatic N) is 1. The third-order valence-corrected chi connectivity index (χ3v) is 7.52. The van der Waals surface area contributed by atoms with Crippen LogP contribution in [0.2, 0.25) is 0 Å². The number of fused-ring (bicyclic) bond motifs is 1. The summed E-state index contributed by atoms with van der Waals surface area (Å²) in [4.78, 5) is 3.84. The van der Waals surface area contributed by atoms with Crippen molar-refractivity contribution in [3.05, 3.63) is 47.5 Å². The van der Waals surface area contributed by atoms with Gasteiger partial charge in [-0.25, -0.2) is 0 Å². The van der Waals surface area contributed by atoms with Gasteiger partial charge in [0.25, 0.3) is 0 Å². The van der Waals surface area contributed by atoms with Crippen molar-refractivity contribution < 1.29 is 15.3 Å². The van der Waals surface area contributed by atoms with Crippen LogP contribution in [0.25, 0.3) is 0 Å². The van der Waals surface area contributed by atoms with Gasteiger partial charge in [-0.2, -0.15) is 0 Å². The molecule has 5 nitrogen and oxygen atoms in total. The summed E-state index contributed by atoms with van der Waals surface area (Å²) in [5.74, 6) is 1.45. The second-order valence-electron chi connectivity index (χ2n) is 9.01. The Balaban J connectivity index is 1.27. The maximum atomic E-state index is 10.1. The summed E-state index contributed by atoms with van der Waals surface area (Å²) in [6.07, 6.45) is 9.01. The van der Waals surface area contributed by atoms with Crippen LogP contribution in [-0.4, -0.2) is 58.2 Å². The Morgan fingerprint density at radius 1 is 0.939 bits per heavy atom. The van der Waals surface area contributed by atoms with Crippen molar-refractivity contribution in [2.24, 2.45) is 0 Å². The summed E-state index contributed by atoms with van der Waals surface area (Å²) in [7, 11) is 0. The summed E-state index contributed by atoms with van der Waals surface area (Å²) in [6, 6.07) is 11.5. The zero-order valence-electron chi connectivity index (χ0n) is 19.9. The van der Waals surface area contributed by atoms with Gasteiger partial charge < -0.3 is 25.5 Å². The molecule has 0 saturated heterocycles. The highest BCUT2D eigenvalue weighted by molar-refractivity contribution is 7.99. The Bertz CT molecular complexity index is 844. The first-order valence-electron chi connectivity index (χ1n) is 12.5. The van der Waals surface area contributed by atoms with Gasteiger partial charge in [0, 0.05) is 28.8 Å². The lowest BCUT2D eigenvalue weighted by atomic mass is 9.86. The van der Waals surface area contributed by atoms with Crippen molar-refractivity contribution in [1.82, 2.24) is 10.2 Å². The molecule has 3 rings (SSSR count). The van der Waals surface area contributed by atoms with Crippen LogP contribution in [0.5, 0.6) is 17.2 Å². The molecule has 2 aromatic rings. The van der Waals surface area contributed by atoms with Crippen LogP contribution < -0.4 is 5.32 Å². The van der Waals surface area contributed by atoms with E-state index < -0.39 is 0 Å². The smallest absolute Gasteiger partial charge is 0.160 e. The molecular weight excluding hydrogens is 432 g/mol. The van der Waals surface area contributed by atoms with E-state index in [0.717, 1.165) is 63.2 Å². The largest absolute Gasteiger partial charge is 0.508 e. The fraction of sp³-hybridized carbons (Fsp3) is 0.556. The van der Waals surface area contributed by atoms with Crippen molar-refractivity contribution in [2.45, 2.75) is 69.2 Å². The molecule has 1 aliphatic carbocycles. The molecule has 1 atom stereocenters. The van der Waals surface area contributed by atoms with Crippen LogP contribution in [-0.2, 0) is 12.8 Å². The molecule has 0 radical (unpaired) electrons. The van der Waals surface area contributed by atoms with Crippen LogP contribution in [0.3, 0.4) is 0 Å². The highest BCUT2D eigenvalue weighted by Gasteiger charge is 2.26. The monoisotopic (exact) mass is 472 g/mol. The molecule has 182 valence electrons. The molecule has 0 fully saturated rings. The molecule has 1 unspecified atom stereocenters. The van der Waals surface area contributed by atoms with E-state index in [9.17, 15) is 15.3 Å². The van der Waals surface area contributed by atoms with Crippen molar-refractivity contribution >= 4 is 11.8 Å². The molecular formula is C27H40N2O3S. The van der Waals surface area contributed by atoms with Crippen LogP contribution in [0.15, 0.2) is 41.3 Å². The van der Waals surface area contributed by atoms with Crippen LogP contribution in [0.4, 0.5) is 0 Å². The fourth-order valence-corrected chi connectivity index (χ4v) is 5.52. The molecule has 0 aliphatic heterocycles. The van der Waals surface area contributed by atoms with Crippen LogP contribution in [0, 0.1) is 0 Å². The molecule has 0 amide bonds. The van der Waals surface area contributed by atoms with Gasteiger partial charge in [0.05, 0.1) is 0 Å². The molecule has 0 saturated carbocycles. The first kappa shape index (κ1) is 25.7. The number of nitrogens with one attached hydrogen (secondary N) is 1. The molecule has 0 bridgehead atoms. The Kier molecular flexibility index (Phi) is 10.7. The van der Waals surface area contributed by atoms with Gasteiger partial charge in [0.2, 0.25) is 0 Å².